The van der Waals surface area contributed by atoms with Gasteiger partial charge in [-0.25, -0.2) is 4.79 Å². The lowest BCUT2D eigenvalue weighted by Gasteiger charge is -2.32. The number of nitrogens with zero attached hydrogens (tertiary/aromatic N) is 2. The highest BCUT2D eigenvalue weighted by molar-refractivity contribution is 5.92. The minimum atomic E-state index is -0.296. The van der Waals surface area contributed by atoms with Crippen molar-refractivity contribution in [1.82, 2.24) is 20.4 Å². The Morgan fingerprint density at radius 3 is 2.85 bits per heavy atom. The Kier molecular flexibility index (Phi) is 5.88. The van der Waals surface area contributed by atoms with Crippen LogP contribution in [0.4, 0.5) is 4.79 Å². The van der Waals surface area contributed by atoms with Crippen LogP contribution in [0.25, 0.3) is 0 Å². The van der Waals surface area contributed by atoms with E-state index in [4.69, 9.17) is 4.74 Å². The number of piperidine rings is 1. The predicted octanol–water partition coefficient (Wildman–Crippen LogP) is 2.50. The molecule has 2 N–H and O–H groups in total. The second-order valence-electron chi connectivity index (χ2n) is 6.67. The summed E-state index contributed by atoms with van der Waals surface area (Å²) >= 11 is 0. The molecule has 26 heavy (non-hydrogen) atoms. The first kappa shape index (κ1) is 18.0. The lowest BCUT2D eigenvalue weighted by atomic mass is 9.98. The Hall–Kier alpha value is -2.83. The molecule has 0 aliphatic carbocycles. The molecular formula is C19H24N4O3. The molecule has 3 rings (SSSR count). The van der Waals surface area contributed by atoms with E-state index in [9.17, 15) is 9.59 Å². The van der Waals surface area contributed by atoms with Gasteiger partial charge in [0.1, 0.15) is 12.3 Å². The van der Waals surface area contributed by atoms with Gasteiger partial charge in [0.25, 0.3) is 5.91 Å². The summed E-state index contributed by atoms with van der Waals surface area (Å²) in [7, 11) is 0. The highest BCUT2D eigenvalue weighted by Crippen LogP contribution is 2.17. The fourth-order valence-corrected chi connectivity index (χ4v) is 3.03. The Bertz CT molecular complexity index is 728. The van der Waals surface area contributed by atoms with Gasteiger partial charge in [-0.15, -0.1) is 0 Å². The van der Waals surface area contributed by atoms with Crippen LogP contribution in [0.2, 0.25) is 0 Å². The molecule has 0 saturated carbocycles. The van der Waals surface area contributed by atoms with Gasteiger partial charge in [-0.1, -0.05) is 29.8 Å². The molecule has 1 atom stereocenters. The molecule has 1 fully saturated rings. The fourth-order valence-electron chi connectivity index (χ4n) is 3.03. The van der Waals surface area contributed by atoms with Crippen LogP contribution in [0, 0.1) is 12.8 Å². The number of hydrogen-bond donors (Lipinski definition) is 2. The molecule has 2 heterocycles. The number of H-pyrrole nitrogens is 1. The van der Waals surface area contributed by atoms with E-state index < -0.39 is 0 Å². The van der Waals surface area contributed by atoms with Crippen LogP contribution in [0.1, 0.15) is 34.5 Å². The molecule has 1 aliphatic heterocycles. The first-order valence-corrected chi connectivity index (χ1v) is 8.86. The van der Waals surface area contributed by atoms with Gasteiger partial charge in [-0.05, 0) is 37.3 Å². The lowest BCUT2D eigenvalue weighted by Crippen LogP contribution is -2.43. The number of carbonyl (C=O) groups excluding carboxylic acids is 2. The predicted molar refractivity (Wildman–Crippen MR) is 96.6 cm³/mol. The van der Waals surface area contributed by atoms with Crippen LogP contribution >= 0.6 is 0 Å². The summed E-state index contributed by atoms with van der Waals surface area (Å²) in [5.41, 5.74) is 2.59. The highest BCUT2D eigenvalue weighted by atomic mass is 16.6. The standard InChI is InChI=1S/C19H24N4O3/c1-14-4-6-15(7-5-14)13-26-19(25)23-10-2-3-16(12-23)11-20-18(24)17-8-9-21-22-17/h4-9,16H,2-3,10-13H2,1H3,(H,20,24)(H,21,22). The second kappa shape index (κ2) is 8.51. The summed E-state index contributed by atoms with van der Waals surface area (Å²) in [6.07, 6.45) is 3.13. The average molecular weight is 356 g/mol. The molecule has 1 aromatic heterocycles. The molecule has 0 spiro atoms. The first-order valence-electron chi connectivity index (χ1n) is 8.86. The molecular weight excluding hydrogens is 332 g/mol. The SMILES string of the molecule is Cc1ccc(COC(=O)N2CCCC(CNC(=O)c3ccn[nH]3)C2)cc1. The van der Waals surface area contributed by atoms with Crippen LogP contribution < -0.4 is 5.32 Å². The normalized spacial score (nSPS) is 17.0. The minimum absolute atomic E-state index is 0.179. The Morgan fingerprint density at radius 2 is 2.12 bits per heavy atom. The number of hydrogen-bond acceptors (Lipinski definition) is 4. The third-order valence-electron chi connectivity index (χ3n) is 4.56. The van der Waals surface area contributed by atoms with E-state index in [1.54, 1.807) is 17.2 Å². The van der Waals surface area contributed by atoms with Crippen molar-refractivity contribution in [1.29, 1.82) is 0 Å². The summed E-state index contributed by atoms with van der Waals surface area (Å²) in [6, 6.07) is 9.56. The van der Waals surface area contributed by atoms with E-state index >= 15 is 0 Å². The van der Waals surface area contributed by atoms with E-state index in [0.29, 0.717) is 25.3 Å². The first-order chi connectivity index (χ1) is 12.6. The summed E-state index contributed by atoms with van der Waals surface area (Å²) in [5.74, 6) is 0.0455. The number of rotatable bonds is 5. The van der Waals surface area contributed by atoms with E-state index in [0.717, 1.165) is 18.4 Å². The van der Waals surface area contributed by atoms with Crippen LogP contribution in [0.3, 0.4) is 0 Å². The molecule has 0 bridgehead atoms. The zero-order valence-electron chi connectivity index (χ0n) is 14.9. The molecule has 1 saturated heterocycles. The number of benzene rings is 1. The number of aromatic nitrogens is 2. The van der Waals surface area contributed by atoms with Gasteiger partial charge in [0, 0.05) is 25.8 Å². The largest absolute Gasteiger partial charge is 0.445 e. The van der Waals surface area contributed by atoms with Gasteiger partial charge in [0.05, 0.1) is 0 Å². The van der Waals surface area contributed by atoms with Crippen molar-refractivity contribution in [3.63, 3.8) is 0 Å². The van der Waals surface area contributed by atoms with Gasteiger partial charge in [-0.2, -0.15) is 5.10 Å². The van der Waals surface area contributed by atoms with E-state index in [2.05, 4.69) is 15.5 Å². The van der Waals surface area contributed by atoms with Crippen molar-refractivity contribution in [2.75, 3.05) is 19.6 Å². The van der Waals surface area contributed by atoms with Gasteiger partial charge >= 0.3 is 6.09 Å². The van der Waals surface area contributed by atoms with Crippen LogP contribution in [-0.4, -0.2) is 46.7 Å². The van der Waals surface area contributed by atoms with Crippen LogP contribution in [0.5, 0.6) is 0 Å². The lowest BCUT2D eigenvalue weighted by molar-refractivity contribution is 0.0776. The number of amides is 2. The maximum Gasteiger partial charge on any atom is 0.410 e. The molecule has 7 heteroatoms. The van der Waals surface area contributed by atoms with Crippen molar-refractivity contribution in [2.24, 2.45) is 5.92 Å². The van der Waals surface area contributed by atoms with Crippen molar-refractivity contribution < 1.29 is 14.3 Å². The van der Waals surface area contributed by atoms with Crippen LogP contribution in [-0.2, 0) is 11.3 Å². The maximum atomic E-state index is 12.3. The molecule has 2 aromatic rings. The number of ether oxygens (including phenoxy) is 1. The number of carbonyl (C=O) groups is 2. The smallest absolute Gasteiger partial charge is 0.410 e. The zero-order valence-corrected chi connectivity index (χ0v) is 14.9. The van der Waals surface area contributed by atoms with Crippen molar-refractivity contribution in [2.45, 2.75) is 26.4 Å². The molecule has 0 radical (unpaired) electrons. The van der Waals surface area contributed by atoms with E-state index in [1.165, 1.54) is 5.56 Å². The molecule has 7 nitrogen and oxygen atoms in total. The Morgan fingerprint density at radius 1 is 1.31 bits per heavy atom. The van der Waals surface area contributed by atoms with Crippen LogP contribution in [0.15, 0.2) is 36.5 Å². The maximum absolute atomic E-state index is 12.3. The topological polar surface area (TPSA) is 87.3 Å². The summed E-state index contributed by atoms with van der Waals surface area (Å²) in [4.78, 5) is 26.0. The number of aromatic amines is 1. The second-order valence-corrected chi connectivity index (χ2v) is 6.67. The highest BCUT2D eigenvalue weighted by Gasteiger charge is 2.25. The van der Waals surface area contributed by atoms with Crippen molar-refractivity contribution in [3.05, 3.63) is 53.3 Å². The van der Waals surface area contributed by atoms with E-state index in [-0.39, 0.29) is 24.5 Å². The van der Waals surface area contributed by atoms with Crippen molar-refractivity contribution >= 4 is 12.0 Å². The number of likely N-dealkylation sites (tertiary alicyclic amines) is 1. The fraction of sp³-hybridized carbons (Fsp3) is 0.421. The quantitative estimate of drug-likeness (QED) is 0.862. The van der Waals surface area contributed by atoms with E-state index in [1.807, 2.05) is 31.2 Å². The average Bonchev–Trinajstić information content (AvgIpc) is 3.20. The Labute approximate surface area is 152 Å². The summed E-state index contributed by atoms with van der Waals surface area (Å²) in [6.45, 7) is 4.11. The Balaban J connectivity index is 1.44. The third-order valence-corrected chi connectivity index (χ3v) is 4.56. The summed E-state index contributed by atoms with van der Waals surface area (Å²) in [5, 5.41) is 9.30. The monoisotopic (exact) mass is 356 g/mol. The number of aryl methyl sites for hydroxylation is 1. The third kappa shape index (κ3) is 4.84. The molecule has 1 aliphatic rings. The van der Waals surface area contributed by atoms with Gasteiger partial charge < -0.3 is 15.0 Å². The number of nitrogens with one attached hydrogen (secondary N) is 2. The van der Waals surface area contributed by atoms with Gasteiger partial charge in [-0.3, -0.25) is 9.89 Å². The minimum Gasteiger partial charge on any atom is -0.445 e. The van der Waals surface area contributed by atoms with Gasteiger partial charge in [0.15, 0.2) is 0 Å². The molecule has 138 valence electrons. The van der Waals surface area contributed by atoms with Crippen molar-refractivity contribution in [3.8, 4) is 0 Å². The molecule has 1 unspecified atom stereocenters. The summed E-state index contributed by atoms with van der Waals surface area (Å²) < 4.78 is 5.43. The zero-order chi connectivity index (χ0) is 18.4. The van der Waals surface area contributed by atoms with Gasteiger partial charge in [0.2, 0.25) is 0 Å². The molecule has 1 aromatic carbocycles. The molecule has 2 amide bonds.